The van der Waals surface area contributed by atoms with Gasteiger partial charge in [-0.1, -0.05) is 30.5 Å². The van der Waals surface area contributed by atoms with Crippen LogP contribution >= 0.6 is 0 Å². The molecule has 142 valence electrons. The molecule has 1 N–H and O–H groups in total. The minimum Gasteiger partial charge on any atom is -0.353 e. The van der Waals surface area contributed by atoms with Crippen molar-refractivity contribution >= 4 is 17.0 Å². The SMILES string of the molecule is Cc1cc(C)c(-c2cn(C)c3nc(NC4CCCC4)n(C)c(=O)c23)c(C)c1. The maximum Gasteiger partial charge on any atom is 0.264 e. The summed E-state index contributed by atoms with van der Waals surface area (Å²) in [5.41, 5.74) is 6.49. The van der Waals surface area contributed by atoms with Crippen LogP contribution in [-0.2, 0) is 14.1 Å². The van der Waals surface area contributed by atoms with E-state index < -0.39 is 0 Å². The van der Waals surface area contributed by atoms with Gasteiger partial charge in [-0.25, -0.2) is 0 Å². The van der Waals surface area contributed by atoms with Gasteiger partial charge < -0.3 is 9.88 Å². The van der Waals surface area contributed by atoms with E-state index in [0.29, 0.717) is 17.4 Å². The highest BCUT2D eigenvalue weighted by atomic mass is 16.1. The fraction of sp³-hybridized carbons (Fsp3) is 0.455. The Morgan fingerprint density at radius 3 is 2.33 bits per heavy atom. The molecule has 0 amide bonds. The van der Waals surface area contributed by atoms with E-state index in [4.69, 9.17) is 4.98 Å². The minimum absolute atomic E-state index is 0.00970. The lowest BCUT2D eigenvalue weighted by Gasteiger charge is -2.16. The van der Waals surface area contributed by atoms with E-state index in [1.165, 1.54) is 29.5 Å². The Balaban J connectivity index is 1.93. The molecule has 0 spiro atoms. The zero-order valence-electron chi connectivity index (χ0n) is 16.9. The Hall–Kier alpha value is -2.56. The standard InChI is InChI=1S/C22H28N4O/c1-13-10-14(2)18(15(3)11-13)17-12-25(4)20-19(17)21(27)26(5)22(24-20)23-16-8-6-7-9-16/h10-12,16H,6-9H2,1-5H3,(H,23,24). The van der Waals surface area contributed by atoms with Gasteiger partial charge >= 0.3 is 0 Å². The predicted molar refractivity (Wildman–Crippen MR) is 111 cm³/mol. The normalized spacial score (nSPS) is 15.0. The zero-order valence-corrected chi connectivity index (χ0v) is 16.9. The highest BCUT2D eigenvalue weighted by Gasteiger charge is 2.21. The van der Waals surface area contributed by atoms with Crippen LogP contribution in [0.4, 0.5) is 5.95 Å². The lowest BCUT2D eigenvalue weighted by atomic mass is 9.94. The first-order valence-electron chi connectivity index (χ1n) is 9.77. The summed E-state index contributed by atoms with van der Waals surface area (Å²) in [4.78, 5) is 18.1. The number of hydrogen-bond acceptors (Lipinski definition) is 3. The zero-order chi connectivity index (χ0) is 19.3. The topological polar surface area (TPSA) is 51.9 Å². The summed E-state index contributed by atoms with van der Waals surface area (Å²) in [7, 11) is 3.79. The van der Waals surface area contributed by atoms with Gasteiger partial charge in [0.05, 0.1) is 5.39 Å². The van der Waals surface area contributed by atoms with Gasteiger partial charge in [-0.05, 0) is 50.3 Å². The Bertz CT molecular complexity index is 1060. The second kappa shape index (κ2) is 6.55. The van der Waals surface area contributed by atoms with Crippen molar-refractivity contribution in [1.29, 1.82) is 0 Å². The second-order valence-electron chi connectivity index (χ2n) is 8.05. The van der Waals surface area contributed by atoms with Gasteiger partial charge in [0.15, 0.2) is 0 Å². The lowest BCUT2D eigenvalue weighted by Crippen LogP contribution is -2.26. The van der Waals surface area contributed by atoms with Gasteiger partial charge in [0, 0.05) is 31.9 Å². The fourth-order valence-electron chi connectivity index (χ4n) is 4.58. The van der Waals surface area contributed by atoms with Crippen molar-refractivity contribution in [2.45, 2.75) is 52.5 Å². The second-order valence-corrected chi connectivity index (χ2v) is 8.05. The van der Waals surface area contributed by atoms with Crippen LogP contribution in [-0.4, -0.2) is 20.2 Å². The molecular weight excluding hydrogens is 336 g/mol. The molecule has 2 heterocycles. The number of benzene rings is 1. The molecule has 2 aromatic heterocycles. The van der Waals surface area contributed by atoms with Crippen molar-refractivity contribution < 1.29 is 0 Å². The number of fused-ring (bicyclic) bond motifs is 1. The summed E-state index contributed by atoms with van der Waals surface area (Å²) < 4.78 is 3.65. The molecule has 0 aliphatic heterocycles. The van der Waals surface area contributed by atoms with E-state index in [1.807, 2.05) is 24.9 Å². The van der Waals surface area contributed by atoms with Crippen molar-refractivity contribution in [3.8, 4) is 11.1 Å². The fourth-order valence-corrected chi connectivity index (χ4v) is 4.58. The van der Waals surface area contributed by atoms with E-state index in [9.17, 15) is 4.79 Å². The number of nitrogens with zero attached hydrogens (tertiary/aromatic N) is 3. The molecule has 0 unspecified atom stereocenters. The van der Waals surface area contributed by atoms with Gasteiger partial charge in [0.1, 0.15) is 5.65 Å². The summed E-state index contributed by atoms with van der Waals surface area (Å²) in [6, 6.07) is 4.77. The Labute approximate surface area is 160 Å². The van der Waals surface area contributed by atoms with Gasteiger partial charge in [-0.3, -0.25) is 9.36 Å². The van der Waals surface area contributed by atoms with Crippen LogP contribution in [0.1, 0.15) is 42.4 Å². The highest BCUT2D eigenvalue weighted by Crippen LogP contribution is 2.33. The molecule has 27 heavy (non-hydrogen) atoms. The van der Waals surface area contributed by atoms with Gasteiger partial charge in [-0.2, -0.15) is 4.98 Å². The molecule has 1 fully saturated rings. The van der Waals surface area contributed by atoms with Crippen LogP contribution < -0.4 is 10.9 Å². The van der Waals surface area contributed by atoms with Crippen LogP contribution in [0.25, 0.3) is 22.2 Å². The van der Waals surface area contributed by atoms with Crippen LogP contribution in [0, 0.1) is 20.8 Å². The third-order valence-corrected chi connectivity index (χ3v) is 5.83. The lowest BCUT2D eigenvalue weighted by molar-refractivity contribution is 0.719. The molecular formula is C22H28N4O. The van der Waals surface area contributed by atoms with Crippen molar-refractivity contribution in [3.05, 3.63) is 45.4 Å². The first-order valence-corrected chi connectivity index (χ1v) is 9.77. The quantitative estimate of drug-likeness (QED) is 0.757. The van der Waals surface area contributed by atoms with Crippen molar-refractivity contribution in [2.24, 2.45) is 14.1 Å². The van der Waals surface area contributed by atoms with Crippen LogP contribution in [0.2, 0.25) is 0 Å². The largest absolute Gasteiger partial charge is 0.353 e. The first-order chi connectivity index (χ1) is 12.9. The van der Waals surface area contributed by atoms with Crippen molar-refractivity contribution in [3.63, 3.8) is 0 Å². The van der Waals surface area contributed by atoms with Gasteiger partial charge in [-0.15, -0.1) is 0 Å². The number of aromatic nitrogens is 3. The smallest absolute Gasteiger partial charge is 0.264 e. The Kier molecular flexibility index (Phi) is 4.33. The number of aryl methyl sites for hydroxylation is 4. The third-order valence-electron chi connectivity index (χ3n) is 5.83. The van der Waals surface area contributed by atoms with Gasteiger partial charge in [0.25, 0.3) is 5.56 Å². The van der Waals surface area contributed by atoms with E-state index in [1.54, 1.807) is 4.57 Å². The van der Waals surface area contributed by atoms with E-state index in [-0.39, 0.29) is 5.56 Å². The molecule has 0 radical (unpaired) electrons. The molecule has 3 aromatic rings. The molecule has 4 rings (SSSR count). The molecule has 0 saturated heterocycles. The van der Waals surface area contributed by atoms with E-state index in [0.717, 1.165) is 29.6 Å². The average Bonchev–Trinajstić information content (AvgIpc) is 3.20. The summed E-state index contributed by atoms with van der Waals surface area (Å²) in [6.45, 7) is 6.33. The molecule has 0 atom stereocenters. The number of hydrogen-bond donors (Lipinski definition) is 1. The average molecular weight is 364 g/mol. The van der Waals surface area contributed by atoms with Crippen molar-refractivity contribution in [1.82, 2.24) is 14.1 Å². The summed E-state index contributed by atoms with van der Waals surface area (Å²) in [5.74, 6) is 0.671. The molecule has 1 aromatic carbocycles. The Morgan fingerprint density at radius 1 is 1.07 bits per heavy atom. The van der Waals surface area contributed by atoms with Crippen LogP contribution in [0.5, 0.6) is 0 Å². The maximum absolute atomic E-state index is 13.3. The van der Waals surface area contributed by atoms with Crippen molar-refractivity contribution in [2.75, 3.05) is 5.32 Å². The van der Waals surface area contributed by atoms with E-state index >= 15 is 0 Å². The number of nitrogens with one attached hydrogen (secondary N) is 1. The van der Waals surface area contributed by atoms with E-state index in [2.05, 4.69) is 38.2 Å². The minimum atomic E-state index is 0.00970. The molecule has 5 heteroatoms. The van der Waals surface area contributed by atoms with Gasteiger partial charge in [0.2, 0.25) is 5.95 Å². The Morgan fingerprint density at radius 2 is 1.70 bits per heavy atom. The van der Waals surface area contributed by atoms with Crippen LogP contribution in [0.15, 0.2) is 23.1 Å². The molecule has 1 saturated carbocycles. The number of anilines is 1. The highest BCUT2D eigenvalue weighted by molar-refractivity contribution is 5.95. The summed E-state index contributed by atoms with van der Waals surface area (Å²) in [6.07, 6.45) is 6.83. The third kappa shape index (κ3) is 2.95. The maximum atomic E-state index is 13.3. The number of rotatable bonds is 3. The molecule has 1 aliphatic rings. The predicted octanol–water partition coefficient (Wildman–Crippen LogP) is 4.22. The molecule has 0 bridgehead atoms. The summed E-state index contributed by atoms with van der Waals surface area (Å²) >= 11 is 0. The molecule has 5 nitrogen and oxygen atoms in total. The summed E-state index contributed by atoms with van der Waals surface area (Å²) in [5, 5.41) is 4.19. The van der Waals surface area contributed by atoms with Crippen LogP contribution in [0.3, 0.4) is 0 Å². The monoisotopic (exact) mass is 364 g/mol. The molecule has 1 aliphatic carbocycles. The first kappa shape index (κ1) is 17.8.